The number of anilines is 1. The predicted octanol–water partition coefficient (Wildman–Crippen LogP) is 5.48. The molecule has 0 spiro atoms. The fraction of sp³-hybridized carbons (Fsp3) is 0.455. The summed E-state index contributed by atoms with van der Waals surface area (Å²) in [6.07, 6.45) is 0. The molecule has 0 amide bonds. The number of nitrogens with one attached hydrogen (secondary N) is 1. The summed E-state index contributed by atoms with van der Waals surface area (Å²) in [5, 5.41) is 3.42. The van der Waals surface area contributed by atoms with E-state index >= 15 is 0 Å². The van der Waals surface area contributed by atoms with Crippen LogP contribution >= 0.6 is 28.7 Å². The summed E-state index contributed by atoms with van der Waals surface area (Å²) in [6.45, 7) is 14.3. The number of halogens is 1. The summed E-state index contributed by atoms with van der Waals surface area (Å²) in [5.41, 5.74) is 4.05. The van der Waals surface area contributed by atoms with Crippen LogP contribution in [0.2, 0.25) is 0 Å². The van der Waals surface area contributed by atoms with Crippen LogP contribution in [0.15, 0.2) is 52.3 Å². The zero-order valence-electron chi connectivity index (χ0n) is 17.0. The van der Waals surface area contributed by atoms with E-state index in [2.05, 4.69) is 66.5 Å². The van der Waals surface area contributed by atoms with E-state index in [4.69, 9.17) is 4.74 Å². The maximum Gasteiger partial charge on any atom is 0.0508 e. The second-order valence-electron chi connectivity index (χ2n) is 6.36. The number of benzene rings is 2. The molecule has 1 N–H and O–H groups in total. The summed E-state index contributed by atoms with van der Waals surface area (Å²) in [4.78, 5) is 5.19. The lowest BCUT2D eigenvalue weighted by atomic mass is 10.2. The number of nitrogens with zero attached hydrogens (tertiary/aromatic N) is 1. The monoisotopic (exact) mass is 452 g/mol. The average Bonchev–Trinajstić information content (AvgIpc) is 2.66. The molecule has 0 bridgehead atoms. The summed E-state index contributed by atoms with van der Waals surface area (Å²) in [6, 6.07) is 15.5. The second-order valence-corrected chi connectivity index (χ2v) is 7.44. The molecule has 1 saturated heterocycles. The van der Waals surface area contributed by atoms with Crippen LogP contribution in [0.4, 0.5) is 5.69 Å². The number of ether oxygens (including phenoxy) is 1. The fourth-order valence-corrected chi connectivity index (χ4v) is 3.99. The van der Waals surface area contributed by atoms with E-state index in [9.17, 15) is 0 Å². The molecule has 3 rings (SSSR count). The van der Waals surface area contributed by atoms with Crippen molar-refractivity contribution in [1.29, 1.82) is 0 Å². The number of hydrogen-bond donors (Lipinski definition) is 1. The van der Waals surface area contributed by atoms with Gasteiger partial charge in [-0.05, 0) is 51.5 Å². The molecule has 27 heavy (non-hydrogen) atoms. The van der Waals surface area contributed by atoms with E-state index < -0.39 is 0 Å². The highest BCUT2D eigenvalue weighted by Gasteiger charge is 2.14. The van der Waals surface area contributed by atoms with Crippen molar-refractivity contribution in [3.8, 4) is 0 Å². The number of rotatable bonds is 5. The van der Waals surface area contributed by atoms with E-state index in [1.165, 1.54) is 26.6 Å². The van der Waals surface area contributed by atoms with Gasteiger partial charge in [-0.25, -0.2) is 0 Å². The molecule has 2 aromatic rings. The third-order valence-electron chi connectivity index (χ3n) is 4.28. The second kappa shape index (κ2) is 13.2. The average molecular weight is 453 g/mol. The summed E-state index contributed by atoms with van der Waals surface area (Å²) < 4.78 is 4.83. The van der Waals surface area contributed by atoms with Crippen molar-refractivity contribution < 1.29 is 4.74 Å². The van der Waals surface area contributed by atoms with Crippen molar-refractivity contribution in [1.82, 2.24) is 5.32 Å². The minimum absolute atomic E-state index is 0. The lowest BCUT2D eigenvalue weighted by Crippen LogP contribution is -2.43. The van der Waals surface area contributed by atoms with E-state index in [1.807, 2.05) is 25.6 Å². The SMILES string of the molecule is Br.CCOCC.Cc1ccc(Sc2ccccc2N2CCNCC2)c(C)c1. The van der Waals surface area contributed by atoms with Crippen LogP contribution in [0.3, 0.4) is 0 Å². The Morgan fingerprint density at radius 1 is 0.963 bits per heavy atom. The van der Waals surface area contributed by atoms with Gasteiger partial charge in [0.25, 0.3) is 0 Å². The fourth-order valence-electron chi connectivity index (χ4n) is 2.95. The molecule has 3 nitrogen and oxygen atoms in total. The van der Waals surface area contributed by atoms with Crippen LogP contribution in [-0.4, -0.2) is 39.4 Å². The van der Waals surface area contributed by atoms with Gasteiger partial charge in [-0.3, -0.25) is 0 Å². The topological polar surface area (TPSA) is 24.5 Å². The first kappa shape index (κ1) is 24.0. The quantitative estimate of drug-likeness (QED) is 0.648. The third-order valence-corrected chi connectivity index (χ3v) is 5.52. The van der Waals surface area contributed by atoms with Crippen LogP contribution in [0.5, 0.6) is 0 Å². The molecule has 0 saturated carbocycles. The molecule has 1 aliphatic rings. The van der Waals surface area contributed by atoms with Crippen LogP contribution in [0.1, 0.15) is 25.0 Å². The first-order valence-corrected chi connectivity index (χ1v) is 10.3. The Bertz CT molecular complexity index is 673. The number of aryl methyl sites for hydroxylation is 2. The Balaban J connectivity index is 0.000000542. The largest absolute Gasteiger partial charge is 0.382 e. The van der Waals surface area contributed by atoms with E-state index in [0.717, 1.165) is 39.4 Å². The van der Waals surface area contributed by atoms with Gasteiger partial charge in [0.1, 0.15) is 0 Å². The minimum atomic E-state index is 0. The first-order chi connectivity index (χ1) is 12.7. The Kier molecular flexibility index (Phi) is 11.8. The summed E-state index contributed by atoms with van der Waals surface area (Å²) >= 11 is 1.88. The number of para-hydroxylation sites is 1. The Morgan fingerprint density at radius 2 is 1.63 bits per heavy atom. The van der Waals surface area contributed by atoms with Crippen molar-refractivity contribution in [3.63, 3.8) is 0 Å². The van der Waals surface area contributed by atoms with Gasteiger partial charge in [-0.2, -0.15) is 0 Å². The van der Waals surface area contributed by atoms with Gasteiger partial charge in [0, 0.05) is 49.2 Å². The minimum Gasteiger partial charge on any atom is -0.382 e. The first-order valence-electron chi connectivity index (χ1n) is 9.53. The summed E-state index contributed by atoms with van der Waals surface area (Å²) in [7, 11) is 0. The third kappa shape index (κ3) is 7.86. The lowest BCUT2D eigenvalue weighted by Gasteiger charge is -2.31. The van der Waals surface area contributed by atoms with Gasteiger partial charge in [-0.1, -0.05) is 41.6 Å². The van der Waals surface area contributed by atoms with Gasteiger partial charge >= 0.3 is 0 Å². The summed E-state index contributed by atoms with van der Waals surface area (Å²) in [5.74, 6) is 0. The standard InChI is InChI=1S/C18H22N2S.C4H10O.BrH/c1-14-7-8-17(15(2)13-14)21-18-6-4-3-5-16(18)20-11-9-19-10-12-20;1-3-5-4-2;/h3-8,13,19H,9-12H2,1-2H3;3-4H2,1-2H3;1H. The molecule has 2 aromatic carbocycles. The molecule has 0 unspecified atom stereocenters. The molecule has 1 aliphatic heterocycles. The van der Waals surface area contributed by atoms with Crippen molar-refractivity contribution >= 4 is 34.4 Å². The van der Waals surface area contributed by atoms with E-state index in [-0.39, 0.29) is 17.0 Å². The van der Waals surface area contributed by atoms with Crippen LogP contribution in [0, 0.1) is 13.8 Å². The number of piperazine rings is 1. The lowest BCUT2D eigenvalue weighted by molar-refractivity contribution is 0.162. The van der Waals surface area contributed by atoms with Gasteiger partial charge in [0.15, 0.2) is 0 Å². The maximum atomic E-state index is 4.83. The van der Waals surface area contributed by atoms with Gasteiger partial charge in [0.2, 0.25) is 0 Å². The Morgan fingerprint density at radius 3 is 2.22 bits per heavy atom. The molecule has 0 aliphatic carbocycles. The maximum absolute atomic E-state index is 4.83. The predicted molar refractivity (Wildman–Crippen MR) is 124 cm³/mol. The Hall–Kier alpha value is -1.01. The molecule has 0 radical (unpaired) electrons. The Labute approximate surface area is 179 Å². The van der Waals surface area contributed by atoms with Crippen LogP contribution < -0.4 is 10.2 Å². The molecular formula is C22H33BrN2OS. The molecule has 0 aromatic heterocycles. The van der Waals surface area contributed by atoms with E-state index in [0.29, 0.717) is 0 Å². The highest BCUT2D eigenvalue weighted by atomic mass is 79.9. The normalized spacial score (nSPS) is 13.4. The van der Waals surface area contributed by atoms with Crippen LogP contribution in [0.25, 0.3) is 0 Å². The molecule has 0 atom stereocenters. The molecular weight excluding hydrogens is 420 g/mol. The highest BCUT2D eigenvalue weighted by molar-refractivity contribution is 8.93. The van der Waals surface area contributed by atoms with Crippen molar-refractivity contribution in [2.75, 3.05) is 44.3 Å². The zero-order valence-corrected chi connectivity index (χ0v) is 19.5. The molecule has 5 heteroatoms. The molecule has 150 valence electrons. The van der Waals surface area contributed by atoms with Crippen LogP contribution in [-0.2, 0) is 4.74 Å². The van der Waals surface area contributed by atoms with Crippen molar-refractivity contribution in [2.45, 2.75) is 37.5 Å². The van der Waals surface area contributed by atoms with Gasteiger partial charge in [-0.15, -0.1) is 17.0 Å². The van der Waals surface area contributed by atoms with Gasteiger partial charge < -0.3 is 15.0 Å². The van der Waals surface area contributed by atoms with Crippen molar-refractivity contribution in [3.05, 3.63) is 53.6 Å². The highest BCUT2D eigenvalue weighted by Crippen LogP contribution is 2.37. The number of hydrogen-bond acceptors (Lipinski definition) is 4. The van der Waals surface area contributed by atoms with Crippen molar-refractivity contribution in [2.24, 2.45) is 0 Å². The zero-order chi connectivity index (χ0) is 18.8. The molecule has 1 fully saturated rings. The molecule has 1 heterocycles. The van der Waals surface area contributed by atoms with E-state index in [1.54, 1.807) is 0 Å². The smallest absolute Gasteiger partial charge is 0.0508 e. The van der Waals surface area contributed by atoms with Gasteiger partial charge in [0.05, 0.1) is 5.69 Å².